The minimum atomic E-state index is -0.617. The number of halogens is 2. The van der Waals surface area contributed by atoms with Crippen molar-refractivity contribution in [3.63, 3.8) is 0 Å². The Morgan fingerprint density at radius 2 is 2.06 bits per heavy atom. The molecule has 0 saturated carbocycles. The van der Waals surface area contributed by atoms with E-state index in [1.54, 1.807) is 6.92 Å². The minimum Gasteiger partial charge on any atom is -0.459 e. The van der Waals surface area contributed by atoms with Crippen LogP contribution in [-0.2, 0) is 6.54 Å². The highest BCUT2D eigenvalue weighted by atomic mass is 19.1. The van der Waals surface area contributed by atoms with Gasteiger partial charge in [0.15, 0.2) is 0 Å². The van der Waals surface area contributed by atoms with Crippen LogP contribution >= 0.6 is 0 Å². The lowest BCUT2D eigenvalue weighted by atomic mass is 10.1. The zero-order valence-electron chi connectivity index (χ0n) is 9.23. The van der Waals surface area contributed by atoms with Crippen LogP contribution in [0.1, 0.15) is 18.2 Å². The molecule has 1 aromatic carbocycles. The third kappa shape index (κ3) is 1.80. The lowest BCUT2D eigenvalue weighted by Crippen LogP contribution is -2.11. The lowest BCUT2D eigenvalue weighted by molar-refractivity contribution is 0.513. The summed E-state index contributed by atoms with van der Waals surface area (Å²) in [5.74, 6) is -0.533. The van der Waals surface area contributed by atoms with Gasteiger partial charge in [-0.05, 0) is 13.5 Å². The van der Waals surface area contributed by atoms with Gasteiger partial charge in [0.1, 0.15) is 23.0 Å². The van der Waals surface area contributed by atoms with Gasteiger partial charge in [-0.25, -0.2) is 8.78 Å². The third-order valence-corrected chi connectivity index (χ3v) is 2.58. The Hall–Kier alpha value is -1.42. The Morgan fingerprint density at radius 1 is 1.31 bits per heavy atom. The minimum absolute atomic E-state index is 0.267. The second kappa shape index (κ2) is 4.22. The van der Waals surface area contributed by atoms with Crippen molar-refractivity contribution in [1.82, 2.24) is 5.32 Å². The molecule has 0 fully saturated rings. The number of hydrogen-bond acceptors (Lipinski definition) is 2. The summed E-state index contributed by atoms with van der Waals surface area (Å²) in [6, 6.07) is 2.09. The van der Waals surface area contributed by atoms with Gasteiger partial charge in [0.25, 0.3) is 0 Å². The van der Waals surface area contributed by atoms with Crippen molar-refractivity contribution >= 4 is 11.0 Å². The number of benzene rings is 1. The predicted octanol–water partition coefficient (Wildman–Crippen LogP) is 3.13. The van der Waals surface area contributed by atoms with E-state index in [1.807, 2.05) is 6.92 Å². The summed E-state index contributed by atoms with van der Waals surface area (Å²) in [6.45, 7) is 5.07. The van der Waals surface area contributed by atoms with Crippen LogP contribution in [0.5, 0.6) is 0 Å². The van der Waals surface area contributed by atoms with Gasteiger partial charge >= 0.3 is 0 Å². The molecule has 2 rings (SSSR count). The second-order valence-corrected chi connectivity index (χ2v) is 3.69. The third-order valence-electron chi connectivity index (χ3n) is 2.58. The molecule has 86 valence electrons. The fourth-order valence-corrected chi connectivity index (χ4v) is 1.75. The van der Waals surface area contributed by atoms with Crippen LogP contribution in [0.4, 0.5) is 8.78 Å². The zero-order valence-corrected chi connectivity index (χ0v) is 9.23. The standard InChI is InChI=1S/C12H13F2NO/c1-3-15-6-11-7(2)12-9(14)4-8(13)5-10(12)16-11/h4-5,15H,3,6H2,1-2H3. The average Bonchev–Trinajstić information content (AvgIpc) is 2.52. The largest absolute Gasteiger partial charge is 0.459 e. The molecule has 0 unspecified atom stereocenters. The van der Waals surface area contributed by atoms with Crippen molar-refractivity contribution in [2.24, 2.45) is 0 Å². The van der Waals surface area contributed by atoms with Crippen LogP contribution in [-0.4, -0.2) is 6.54 Å². The van der Waals surface area contributed by atoms with E-state index in [1.165, 1.54) is 6.07 Å². The van der Waals surface area contributed by atoms with Crippen molar-refractivity contribution in [3.8, 4) is 0 Å². The van der Waals surface area contributed by atoms with Gasteiger partial charge in [-0.15, -0.1) is 0 Å². The molecule has 16 heavy (non-hydrogen) atoms. The first-order chi connectivity index (χ1) is 7.63. The van der Waals surface area contributed by atoms with Gasteiger partial charge < -0.3 is 9.73 Å². The molecule has 0 aliphatic rings. The fourth-order valence-electron chi connectivity index (χ4n) is 1.75. The van der Waals surface area contributed by atoms with Crippen molar-refractivity contribution in [2.45, 2.75) is 20.4 Å². The summed E-state index contributed by atoms with van der Waals surface area (Å²) in [5.41, 5.74) is 0.997. The van der Waals surface area contributed by atoms with Crippen LogP contribution in [0.15, 0.2) is 16.5 Å². The van der Waals surface area contributed by atoms with Gasteiger partial charge in [-0.1, -0.05) is 6.92 Å². The van der Waals surface area contributed by atoms with E-state index in [9.17, 15) is 8.78 Å². The molecule has 1 N–H and O–H groups in total. The van der Waals surface area contributed by atoms with E-state index in [-0.39, 0.29) is 5.58 Å². The average molecular weight is 225 g/mol. The molecule has 2 aromatic rings. The molecular formula is C12H13F2NO. The molecular weight excluding hydrogens is 212 g/mol. The Kier molecular flexibility index (Phi) is 2.92. The SMILES string of the molecule is CCNCc1oc2cc(F)cc(F)c2c1C. The maximum Gasteiger partial charge on any atom is 0.140 e. The van der Waals surface area contributed by atoms with Crippen LogP contribution in [0.2, 0.25) is 0 Å². The molecule has 1 aromatic heterocycles. The number of hydrogen-bond donors (Lipinski definition) is 1. The van der Waals surface area contributed by atoms with Crippen molar-refractivity contribution in [2.75, 3.05) is 6.54 Å². The highest BCUT2D eigenvalue weighted by molar-refractivity contribution is 5.82. The summed E-state index contributed by atoms with van der Waals surface area (Å²) in [4.78, 5) is 0. The lowest BCUT2D eigenvalue weighted by Gasteiger charge is -1.98. The van der Waals surface area contributed by atoms with Crippen molar-refractivity contribution < 1.29 is 13.2 Å². The van der Waals surface area contributed by atoms with Gasteiger partial charge in [0.05, 0.1) is 11.9 Å². The van der Waals surface area contributed by atoms with Gasteiger partial charge in [-0.3, -0.25) is 0 Å². The monoisotopic (exact) mass is 225 g/mol. The van der Waals surface area contributed by atoms with Gasteiger partial charge in [-0.2, -0.15) is 0 Å². The van der Waals surface area contributed by atoms with E-state index in [2.05, 4.69) is 5.32 Å². The van der Waals surface area contributed by atoms with Crippen LogP contribution in [0.3, 0.4) is 0 Å². The van der Waals surface area contributed by atoms with E-state index >= 15 is 0 Å². The first-order valence-electron chi connectivity index (χ1n) is 5.21. The summed E-state index contributed by atoms with van der Waals surface area (Å²) < 4.78 is 31.9. The summed E-state index contributed by atoms with van der Waals surface area (Å²) in [5, 5.41) is 3.46. The number of aryl methyl sites for hydroxylation is 1. The first kappa shape index (κ1) is 11.1. The molecule has 4 heteroatoms. The van der Waals surface area contributed by atoms with E-state index < -0.39 is 11.6 Å². The molecule has 0 saturated heterocycles. The molecule has 0 aliphatic carbocycles. The topological polar surface area (TPSA) is 25.2 Å². The summed E-state index contributed by atoms with van der Waals surface area (Å²) in [6.07, 6.45) is 0. The summed E-state index contributed by atoms with van der Waals surface area (Å²) >= 11 is 0. The zero-order chi connectivity index (χ0) is 11.7. The van der Waals surface area contributed by atoms with Crippen LogP contribution in [0, 0.1) is 18.6 Å². The van der Waals surface area contributed by atoms with Gasteiger partial charge in [0.2, 0.25) is 0 Å². The maximum atomic E-state index is 13.5. The second-order valence-electron chi connectivity index (χ2n) is 3.69. The molecule has 2 nitrogen and oxygen atoms in total. The number of rotatable bonds is 3. The molecule has 0 aliphatic heterocycles. The summed E-state index contributed by atoms with van der Waals surface area (Å²) in [7, 11) is 0. The molecule has 0 radical (unpaired) electrons. The smallest absolute Gasteiger partial charge is 0.140 e. The van der Waals surface area contributed by atoms with E-state index in [0.29, 0.717) is 17.7 Å². The maximum absolute atomic E-state index is 13.5. The fraction of sp³-hybridized carbons (Fsp3) is 0.333. The Labute approximate surface area is 92.2 Å². The first-order valence-corrected chi connectivity index (χ1v) is 5.21. The molecule has 0 bridgehead atoms. The molecule has 0 spiro atoms. The number of fused-ring (bicyclic) bond motifs is 1. The van der Waals surface area contributed by atoms with Crippen LogP contribution < -0.4 is 5.32 Å². The van der Waals surface area contributed by atoms with Crippen molar-refractivity contribution in [1.29, 1.82) is 0 Å². The molecule has 1 heterocycles. The Bertz CT molecular complexity index is 519. The van der Waals surface area contributed by atoms with E-state index in [0.717, 1.165) is 18.2 Å². The Morgan fingerprint density at radius 3 is 2.75 bits per heavy atom. The normalized spacial score (nSPS) is 11.2. The highest BCUT2D eigenvalue weighted by Gasteiger charge is 2.15. The Balaban J connectivity index is 2.54. The highest BCUT2D eigenvalue weighted by Crippen LogP contribution is 2.28. The van der Waals surface area contributed by atoms with Gasteiger partial charge in [0, 0.05) is 17.7 Å². The van der Waals surface area contributed by atoms with Crippen molar-refractivity contribution in [3.05, 3.63) is 35.1 Å². The van der Waals surface area contributed by atoms with Crippen LogP contribution in [0.25, 0.3) is 11.0 Å². The number of nitrogens with one attached hydrogen (secondary N) is 1. The van der Waals surface area contributed by atoms with E-state index in [4.69, 9.17) is 4.42 Å². The molecule has 0 amide bonds. The number of furan rings is 1. The molecule has 0 atom stereocenters. The quantitative estimate of drug-likeness (QED) is 0.868. The predicted molar refractivity (Wildman–Crippen MR) is 58.2 cm³/mol.